The largest absolute Gasteiger partial charge is 0.481 e. The zero-order chi connectivity index (χ0) is 16.4. The molecule has 0 unspecified atom stereocenters. The smallest absolute Gasteiger partial charge is 0.307 e. The highest BCUT2D eigenvalue weighted by Crippen LogP contribution is 2.67. The van der Waals surface area contributed by atoms with Crippen molar-refractivity contribution in [2.24, 2.45) is 40.4 Å². The molecule has 3 heteroatoms. The van der Waals surface area contributed by atoms with Crippen molar-refractivity contribution in [3.05, 3.63) is 0 Å². The molecule has 4 rings (SSSR count). The molecule has 0 amide bonds. The lowest BCUT2D eigenvalue weighted by Crippen LogP contribution is -2.54. The van der Waals surface area contributed by atoms with E-state index in [-0.39, 0.29) is 17.4 Å². The number of carboxylic acid groups (broad SMARTS) is 1. The van der Waals surface area contributed by atoms with Gasteiger partial charge in [0.25, 0.3) is 0 Å². The minimum absolute atomic E-state index is 0.0321. The van der Waals surface area contributed by atoms with Gasteiger partial charge >= 0.3 is 5.97 Å². The summed E-state index contributed by atoms with van der Waals surface area (Å²) in [6.45, 7) is 4.77. The van der Waals surface area contributed by atoms with E-state index in [1.54, 1.807) is 0 Å². The molecule has 4 fully saturated rings. The fraction of sp³-hybridized carbons (Fsp3) is 0.950. The van der Waals surface area contributed by atoms with Crippen LogP contribution in [0.5, 0.6) is 0 Å². The van der Waals surface area contributed by atoms with Crippen LogP contribution in [0, 0.1) is 40.4 Å². The van der Waals surface area contributed by atoms with E-state index < -0.39 is 5.97 Å². The van der Waals surface area contributed by atoms with Gasteiger partial charge in [0.1, 0.15) is 0 Å². The van der Waals surface area contributed by atoms with Crippen LogP contribution in [-0.4, -0.2) is 22.3 Å². The fourth-order valence-electron chi connectivity index (χ4n) is 7.64. The van der Waals surface area contributed by atoms with Crippen LogP contribution in [-0.2, 0) is 4.79 Å². The Labute approximate surface area is 139 Å². The zero-order valence-electron chi connectivity index (χ0n) is 14.6. The van der Waals surface area contributed by atoms with Gasteiger partial charge in [-0.3, -0.25) is 4.79 Å². The van der Waals surface area contributed by atoms with Gasteiger partial charge in [-0.1, -0.05) is 13.8 Å². The topological polar surface area (TPSA) is 57.5 Å². The summed E-state index contributed by atoms with van der Waals surface area (Å²) >= 11 is 0. The van der Waals surface area contributed by atoms with Gasteiger partial charge in [-0.05, 0) is 92.3 Å². The molecule has 0 aromatic heterocycles. The van der Waals surface area contributed by atoms with Gasteiger partial charge in [-0.25, -0.2) is 0 Å². The van der Waals surface area contributed by atoms with Gasteiger partial charge < -0.3 is 10.2 Å². The van der Waals surface area contributed by atoms with Crippen LogP contribution < -0.4 is 0 Å². The van der Waals surface area contributed by atoms with E-state index in [9.17, 15) is 15.0 Å². The molecular weight excluding hydrogens is 288 g/mol. The van der Waals surface area contributed by atoms with Crippen LogP contribution in [0.1, 0.15) is 71.6 Å². The number of aliphatic hydroxyl groups excluding tert-OH is 1. The predicted octanol–water partition coefficient (Wildman–Crippen LogP) is 4.09. The second kappa shape index (κ2) is 5.21. The molecule has 130 valence electrons. The van der Waals surface area contributed by atoms with Crippen molar-refractivity contribution < 1.29 is 15.0 Å². The summed E-state index contributed by atoms with van der Waals surface area (Å²) in [6, 6.07) is 0. The Morgan fingerprint density at radius 2 is 1.61 bits per heavy atom. The third-order valence-corrected chi connectivity index (χ3v) is 8.94. The first-order valence-corrected chi connectivity index (χ1v) is 9.77. The summed E-state index contributed by atoms with van der Waals surface area (Å²) in [6.07, 6.45) is 9.90. The summed E-state index contributed by atoms with van der Waals surface area (Å²) < 4.78 is 0. The first-order chi connectivity index (χ1) is 10.9. The Kier molecular flexibility index (Phi) is 3.61. The van der Waals surface area contributed by atoms with E-state index in [0.29, 0.717) is 17.3 Å². The van der Waals surface area contributed by atoms with E-state index in [4.69, 9.17) is 0 Å². The van der Waals surface area contributed by atoms with Gasteiger partial charge in [0, 0.05) is 0 Å². The molecule has 0 aromatic rings. The molecule has 0 radical (unpaired) electrons. The third kappa shape index (κ3) is 2.14. The molecule has 4 saturated carbocycles. The van der Waals surface area contributed by atoms with Gasteiger partial charge in [-0.15, -0.1) is 0 Å². The maximum absolute atomic E-state index is 11.7. The quantitative estimate of drug-likeness (QED) is 0.765. The number of fused-ring (bicyclic) bond motifs is 5. The summed E-state index contributed by atoms with van der Waals surface area (Å²) in [4.78, 5) is 11.7. The van der Waals surface area contributed by atoms with Gasteiger partial charge in [0.05, 0.1) is 12.0 Å². The second-order valence-electron chi connectivity index (χ2n) is 9.60. The molecule has 0 bridgehead atoms. The average molecular weight is 320 g/mol. The summed E-state index contributed by atoms with van der Waals surface area (Å²) in [5.41, 5.74) is 0.426. The molecule has 4 aliphatic carbocycles. The highest BCUT2D eigenvalue weighted by atomic mass is 16.4. The zero-order valence-corrected chi connectivity index (χ0v) is 14.6. The van der Waals surface area contributed by atoms with Crippen molar-refractivity contribution in [2.45, 2.75) is 77.7 Å². The van der Waals surface area contributed by atoms with Crippen molar-refractivity contribution >= 4 is 5.97 Å². The first kappa shape index (κ1) is 15.9. The molecule has 3 nitrogen and oxygen atoms in total. The normalized spacial score (nSPS) is 55.6. The van der Waals surface area contributed by atoms with E-state index in [2.05, 4.69) is 13.8 Å². The van der Waals surface area contributed by atoms with Crippen LogP contribution in [0.25, 0.3) is 0 Å². The third-order valence-electron chi connectivity index (χ3n) is 8.94. The fourth-order valence-corrected chi connectivity index (χ4v) is 7.64. The minimum Gasteiger partial charge on any atom is -0.481 e. The Morgan fingerprint density at radius 3 is 2.35 bits per heavy atom. The number of carboxylic acids is 1. The van der Waals surface area contributed by atoms with Crippen LogP contribution in [0.3, 0.4) is 0 Å². The number of carbonyl (C=O) groups is 1. The van der Waals surface area contributed by atoms with Gasteiger partial charge in [0.15, 0.2) is 0 Å². The van der Waals surface area contributed by atoms with E-state index in [1.807, 2.05) is 0 Å². The van der Waals surface area contributed by atoms with Gasteiger partial charge in [0.2, 0.25) is 0 Å². The summed E-state index contributed by atoms with van der Waals surface area (Å²) in [7, 11) is 0. The second-order valence-corrected chi connectivity index (χ2v) is 9.60. The lowest BCUT2D eigenvalue weighted by atomic mass is 9.44. The van der Waals surface area contributed by atoms with Crippen molar-refractivity contribution in [1.29, 1.82) is 0 Å². The van der Waals surface area contributed by atoms with E-state index in [0.717, 1.165) is 43.9 Å². The Morgan fingerprint density at radius 1 is 0.913 bits per heavy atom. The van der Waals surface area contributed by atoms with E-state index >= 15 is 0 Å². The molecule has 0 aliphatic heterocycles. The number of hydrogen-bond donors (Lipinski definition) is 2. The minimum atomic E-state index is -0.561. The standard InChI is InChI=1S/C20H32O3/c1-19-9-7-13(21)11-12(19)3-4-14-15-5-6-17(18(22)23)20(15,2)10-8-16(14)19/h12-17,21H,3-11H2,1-2H3,(H,22,23)/t12-,13-,14-,15-,16-,17+,19-,20-/m0/s1. The maximum atomic E-state index is 11.7. The van der Waals surface area contributed by atoms with Crippen molar-refractivity contribution in [2.75, 3.05) is 0 Å². The lowest BCUT2D eigenvalue weighted by Gasteiger charge is -2.60. The number of hydrogen-bond acceptors (Lipinski definition) is 2. The predicted molar refractivity (Wildman–Crippen MR) is 88.9 cm³/mol. The molecule has 0 saturated heterocycles. The first-order valence-electron chi connectivity index (χ1n) is 9.77. The lowest BCUT2D eigenvalue weighted by molar-refractivity contribution is -0.154. The van der Waals surface area contributed by atoms with Crippen LogP contribution in [0.2, 0.25) is 0 Å². The Balaban J connectivity index is 1.61. The number of aliphatic hydroxyl groups is 1. The van der Waals surface area contributed by atoms with E-state index in [1.165, 1.54) is 25.7 Å². The number of aliphatic carboxylic acids is 1. The molecule has 0 heterocycles. The number of rotatable bonds is 1. The SMILES string of the molecule is C[C@]12CC[C@H](O)C[C@@H]1CC[C@@H]1[C@@H]2CC[C@]2(C)[C@@H](C(=O)O)CC[C@@H]12. The molecule has 2 N–H and O–H groups in total. The molecule has 0 spiro atoms. The summed E-state index contributed by atoms with van der Waals surface area (Å²) in [5.74, 6) is 2.12. The maximum Gasteiger partial charge on any atom is 0.307 e. The highest BCUT2D eigenvalue weighted by Gasteiger charge is 2.61. The molecule has 4 aliphatic rings. The molecule has 23 heavy (non-hydrogen) atoms. The van der Waals surface area contributed by atoms with Crippen LogP contribution in [0.4, 0.5) is 0 Å². The van der Waals surface area contributed by atoms with Crippen molar-refractivity contribution in [3.8, 4) is 0 Å². The average Bonchev–Trinajstić information content (AvgIpc) is 2.85. The molecule has 0 aromatic carbocycles. The Bertz CT molecular complexity index is 503. The van der Waals surface area contributed by atoms with Crippen molar-refractivity contribution in [1.82, 2.24) is 0 Å². The molecule has 8 atom stereocenters. The Hall–Kier alpha value is -0.570. The van der Waals surface area contributed by atoms with Crippen molar-refractivity contribution in [3.63, 3.8) is 0 Å². The van der Waals surface area contributed by atoms with Crippen LogP contribution in [0.15, 0.2) is 0 Å². The van der Waals surface area contributed by atoms with Crippen LogP contribution >= 0.6 is 0 Å². The highest BCUT2D eigenvalue weighted by molar-refractivity contribution is 5.71. The molecular formula is C20H32O3. The monoisotopic (exact) mass is 320 g/mol. The summed E-state index contributed by atoms with van der Waals surface area (Å²) in [5, 5.41) is 19.7. The van der Waals surface area contributed by atoms with Gasteiger partial charge in [-0.2, -0.15) is 0 Å².